The Balaban J connectivity index is 2.06. The minimum Gasteiger partial charge on any atom is -0.294 e. The van der Waals surface area contributed by atoms with Gasteiger partial charge in [0, 0.05) is 12.0 Å². The van der Waals surface area contributed by atoms with Gasteiger partial charge in [-0.2, -0.15) is 0 Å². The molecule has 0 aliphatic heterocycles. The Morgan fingerprint density at radius 3 is 2.39 bits per heavy atom. The monoisotopic (exact) mass is 234 g/mol. The van der Waals surface area contributed by atoms with E-state index in [0.717, 1.165) is 12.0 Å². The van der Waals surface area contributed by atoms with Gasteiger partial charge in [0.05, 0.1) is 0 Å². The maximum atomic E-state index is 12.1. The first-order chi connectivity index (χ1) is 8.81. The normalized spacial score (nSPS) is 16.7. The number of rotatable bonds is 5. The van der Waals surface area contributed by atoms with Crippen molar-refractivity contribution in [3.8, 4) is 0 Å². The van der Waals surface area contributed by atoms with Gasteiger partial charge < -0.3 is 0 Å². The highest BCUT2D eigenvalue weighted by Gasteiger charge is 2.17. The predicted molar refractivity (Wildman–Crippen MR) is 71.9 cm³/mol. The SMILES string of the molecule is CCC(CC(=O)C1=CC=C=C=C1)C1=CC=C=C=C1. The topological polar surface area (TPSA) is 17.1 Å². The molecule has 88 valence electrons. The lowest BCUT2D eigenvalue weighted by Gasteiger charge is -2.15. The van der Waals surface area contributed by atoms with E-state index >= 15 is 0 Å². The minimum absolute atomic E-state index is 0.153. The van der Waals surface area contributed by atoms with Crippen molar-refractivity contribution >= 4 is 5.78 Å². The quantitative estimate of drug-likeness (QED) is 0.664. The van der Waals surface area contributed by atoms with Crippen molar-refractivity contribution in [2.75, 3.05) is 0 Å². The van der Waals surface area contributed by atoms with Gasteiger partial charge in [0.1, 0.15) is 0 Å². The number of Topliss-reactive ketones (excluding diaryl/α,β-unsaturated/α-hetero) is 1. The summed E-state index contributed by atoms with van der Waals surface area (Å²) in [7, 11) is 0. The zero-order valence-electron chi connectivity index (χ0n) is 10.4. The van der Waals surface area contributed by atoms with Crippen molar-refractivity contribution < 1.29 is 4.79 Å². The first kappa shape index (κ1) is 12.2. The standard InChI is InChI=1S/C17H14O/c1-2-14(15-9-5-3-6-10-15)13-17(18)16-11-7-4-8-12-16/h5,7,9-12,14H,2,13H2,1H3. The molecular weight excluding hydrogens is 220 g/mol. The fourth-order valence-corrected chi connectivity index (χ4v) is 1.97. The van der Waals surface area contributed by atoms with Crippen LogP contribution >= 0.6 is 0 Å². The van der Waals surface area contributed by atoms with Crippen molar-refractivity contribution in [2.24, 2.45) is 5.92 Å². The molecule has 1 atom stereocenters. The zero-order valence-corrected chi connectivity index (χ0v) is 10.4. The summed E-state index contributed by atoms with van der Waals surface area (Å²) >= 11 is 0. The molecule has 0 N–H and O–H groups in total. The van der Waals surface area contributed by atoms with E-state index in [1.54, 1.807) is 18.2 Å². The molecule has 0 aromatic heterocycles. The van der Waals surface area contributed by atoms with Gasteiger partial charge in [-0.25, -0.2) is 0 Å². The van der Waals surface area contributed by atoms with Crippen molar-refractivity contribution in [1.29, 1.82) is 0 Å². The van der Waals surface area contributed by atoms with Crippen LogP contribution in [-0.4, -0.2) is 5.78 Å². The molecule has 0 amide bonds. The molecule has 0 saturated heterocycles. The fourth-order valence-electron chi connectivity index (χ4n) is 1.97. The predicted octanol–water partition coefficient (Wildman–Crippen LogP) is 3.58. The smallest absolute Gasteiger partial charge is 0.164 e. The van der Waals surface area contributed by atoms with Gasteiger partial charge in [-0.3, -0.25) is 4.79 Å². The Bertz CT molecular complexity index is 615. The molecule has 0 aromatic carbocycles. The maximum Gasteiger partial charge on any atom is 0.164 e. The van der Waals surface area contributed by atoms with Crippen LogP contribution in [0.5, 0.6) is 0 Å². The van der Waals surface area contributed by atoms with Crippen LogP contribution in [0.1, 0.15) is 19.8 Å². The summed E-state index contributed by atoms with van der Waals surface area (Å²) in [5.41, 5.74) is 13.3. The lowest BCUT2D eigenvalue weighted by molar-refractivity contribution is -0.115. The first-order valence-electron chi connectivity index (χ1n) is 6.10. The molecule has 0 saturated carbocycles. The Morgan fingerprint density at radius 2 is 1.83 bits per heavy atom. The van der Waals surface area contributed by atoms with E-state index < -0.39 is 0 Å². The van der Waals surface area contributed by atoms with Crippen molar-refractivity contribution in [2.45, 2.75) is 19.8 Å². The van der Waals surface area contributed by atoms with Gasteiger partial charge in [0.15, 0.2) is 5.78 Å². The molecule has 0 bridgehead atoms. The molecule has 1 unspecified atom stereocenters. The van der Waals surface area contributed by atoms with Crippen LogP contribution in [0.4, 0.5) is 0 Å². The minimum atomic E-state index is 0.153. The van der Waals surface area contributed by atoms with Crippen LogP contribution in [-0.2, 0) is 4.79 Å². The Kier molecular flexibility index (Phi) is 4.00. The molecule has 1 heteroatoms. The largest absolute Gasteiger partial charge is 0.294 e. The average molecular weight is 234 g/mol. The van der Waals surface area contributed by atoms with Crippen molar-refractivity contribution in [3.63, 3.8) is 0 Å². The molecule has 0 heterocycles. The van der Waals surface area contributed by atoms with E-state index in [0.29, 0.717) is 12.0 Å². The van der Waals surface area contributed by atoms with Crippen LogP contribution in [0.2, 0.25) is 0 Å². The summed E-state index contributed by atoms with van der Waals surface area (Å²) in [5, 5.41) is 0. The lowest BCUT2D eigenvalue weighted by atomic mass is 9.88. The number of carbonyl (C=O) groups is 1. The Hall–Kier alpha value is -2.25. The summed E-state index contributed by atoms with van der Waals surface area (Å²) < 4.78 is 0. The van der Waals surface area contributed by atoms with E-state index in [1.807, 2.05) is 18.2 Å². The third kappa shape index (κ3) is 2.90. The van der Waals surface area contributed by atoms with E-state index in [1.165, 1.54) is 0 Å². The number of hydrogen-bond donors (Lipinski definition) is 0. The summed E-state index contributed by atoms with van der Waals surface area (Å²) in [6, 6.07) is 0. The van der Waals surface area contributed by atoms with E-state index in [-0.39, 0.29) is 11.7 Å². The molecule has 18 heavy (non-hydrogen) atoms. The highest BCUT2D eigenvalue weighted by atomic mass is 16.1. The molecule has 2 aliphatic carbocycles. The van der Waals surface area contributed by atoms with Crippen LogP contribution in [0, 0.1) is 5.92 Å². The molecule has 1 nitrogen and oxygen atoms in total. The third-order valence-corrected chi connectivity index (χ3v) is 3.06. The summed E-state index contributed by atoms with van der Waals surface area (Å²) in [4.78, 5) is 12.1. The van der Waals surface area contributed by atoms with Crippen LogP contribution in [0.15, 0.2) is 70.5 Å². The molecular formula is C17H14O. The number of ketones is 1. The zero-order chi connectivity index (χ0) is 12.8. The summed E-state index contributed by atoms with van der Waals surface area (Å²) in [6.45, 7) is 2.10. The van der Waals surface area contributed by atoms with Crippen molar-refractivity contribution in [3.05, 3.63) is 70.5 Å². The summed E-state index contributed by atoms with van der Waals surface area (Å²) in [5.74, 6) is 0.396. The molecule has 2 rings (SSSR count). The van der Waals surface area contributed by atoms with Crippen molar-refractivity contribution in [1.82, 2.24) is 0 Å². The van der Waals surface area contributed by atoms with Crippen LogP contribution in [0.25, 0.3) is 0 Å². The van der Waals surface area contributed by atoms with Gasteiger partial charge in [-0.05, 0) is 54.4 Å². The Labute approximate surface area is 107 Å². The number of hydrogen-bond acceptors (Lipinski definition) is 1. The lowest BCUT2D eigenvalue weighted by Crippen LogP contribution is -2.11. The molecule has 0 fully saturated rings. The third-order valence-electron chi connectivity index (χ3n) is 3.06. The molecule has 0 aromatic rings. The highest BCUT2D eigenvalue weighted by molar-refractivity contribution is 5.98. The number of carbonyl (C=O) groups excluding carboxylic acids is 1. The second-order valence-electron chi connectivity index (χ2n) is 4.22. The van der Waals surface area contributed by atoms with E-state index in [2.05, 4.69) is 29.8 Å². The molecule has 0 radical (unpaired) electrons. The summed E-state index contributed by atoms with van der Waals surface area (Å²) in [6.07, 6.45) is 12.4. The highest BCUT2D eigenvalue weighted by Crippen LogP contribution is 2.23. The molecule has 2 aliphatic rings. The second-order valence-corrected chi connectivity index (χ2v) is 4.22. The maximum absolute atomic E-state index is 12.1. The van der Waals surface area contributed by atoms with Gasteiger partial charge in [-0.1, -0.05) is 29.8 Å². The van der Waals surface area contributed by atoms with Gasteiger partial charge in [0.25, 0.3) is 0 Å². The second kappa shape index (κ2) is 5.89. The number of allylic oxidation sites excluding steroid dienone is 8. The average Bonchev–Trinajstić information content (AvgIpc) is 2.46. The van der Waals surface area contributed by atoms with Gasteiger partial charge in [0.2, 0.25) is 0 Å². The van der Waals surface area contributed by atoms with Crippen LogP contribution in [0.3, 0.4) is 0 Å². The Morgan fingerprint density at radius 1 is 1.11 bits per heavy atom. The van der Waals surface area contributed by atoms with Gasteiger partial charge in [-0.15, -0.1) is 0 Å². The molecule has 0 spiro atoms. The van der Waals surface area contributed by atoms with E-state index in [9.17, 15) is 4.79 Å². The fraction of sp³-hybridized carbons (Fsp3) is 0.235. The van der Waals surface area contributed by atoms with Gasteiger partial charge >= 0.3 is 0 Å². The van der Waals surface area contributed by atoms with Crippen LogP contribution < -0.4 is 0 Å². The first-order valence-corrected chi connectivity index (χ1v) is 6.10. The van der Waals surface area contributed by atoms with E-state index in [4.69, 9.17) is 0 Å².